The van der Waals surface area contributed by atoms with Crippen molar-refractivity contribution >= 4 is 5.97 Å². The van der Waals surface area contributed by atoms with E-state index in [9.17, 15) is 9.90 Å². The molecule has 2 atom stereocenters. The lowest BCUT2D eigenvalue weighted by molar-refractivity contribution is -0.148. The molecule has 0 fully saturated rings. The van der Waals surface area contributed by atoms with E-state index in [1.165, 1.54) is 7.11 Å². The van der Waals surface area contributed by atoms with Gasteiger partial charge in [0.05, 0.1) is 25.7 Å². The smallest absolute Gasteiger partial charge is 0.311 e. The summed E-state index contributed by atoms with van der Waals surface area (Å²) in [4.78, 5) is 11.3. The third-order valence-corrected chi connectivity index (χ3v) is 2.56. The van der Waals surface area contributed by atoms with Gasteiger partial charge in [-0.1, -0.05) is 12.1 Å². The van der Waals surface area contributed by atoms with Gasteiger partial charge in [-0.05, 0) is 31.5 Å². The van der Waals surface area contributed by atoms with Crippen LogP contribution in [0, 0.1) is 5.92 Å². The fourth-order valence-corrected chi connectivity index (χ4v) is 1.56. The summed E-state index contributed by atoms with van der Waals surface area (Å²) >= 11 is 0. The van der Waals surface area contributed by atoms with Crippen LogP contribution < -0.4 is 4.74 Å². The Morgan fingerprint density at radius 1 is 1.47 bits per heavy atom. The zero-order chi connectivity index (χ0) is 12.8. The molecule has 0 saturated heterocycles. The summed E-state index contributed by atoms with van der Waals surface area (Å²) in [6.07, 6.45) is -0.886. The number of benzene rings is 1. The van der Waals surface area contributed by atoms with Crippen molar-refractivity contribution < 1.29 is 19.4 Å². The summed E-state index contributed by atoms with van der Waals surface area (Å²) in [7, 11) is 1.31. The Hall–Kier alpha value is -1.55. The molecule has 1 aromatic rings. The summed E-state index contributed by atoms with van der Waals surface area (Å²) in [6, 6.07) is 7.08. The van der Waals surface area contributed by atoms with Gasteiger partial charge >= 0.3 is 5.97 Å². The predicted molar refractivity (Wildman–Crippen MR) is 63.8 cm³/mol. The van der Waals surface area contributed by atoms with E-state index in [0.717, 1.165) is 0 Å². The number of hydrogen-bond donors (Lipinski definition) is 1. The minimum Gasteiger partial charge on any atom is -0.494 e. The average Bonchev–Trinajstić information content (AvgIpc) is 2.36. The summed E-state index contributed by atoms with van der Waals surface area (Å²) in [6.45, 7) is 4.08. The van der Waals surface area contributed by atoms with E-state index >= 15 is 0 Å². The second-order valence-corrected chi connectivity index (χ2v) is 3.76. The minimum atomic E-state index is -0.886. The molecule has 1 N–H and O–H groups in total. The first-order valence-electron chi connectivity index (χ1n) is 5.58. The normalized spacial score (nSPS) is 13.9. The molecule has 2 unspecified atom stereocenters. The molecule has 0 aliphatic heterocycles. The Labute approximate surface area is 101 Å². The van der Waals surface area contributed by atoms with Crippen LogP contribution >= 0.6 is 0 Å². The van der Waals surface area contributed by atoms with Gasteiger partial charge in [0.15, 0.2) is 0 Å². The molecule has 0 aliphatic rings. The van der Waals surface area contributed by atoms with E-state index in [1.807, 2.05) is 13.0 Å². The van der Waals surface area contributed by atoms with Gasteiger partial charge in [0.25, 0.3) is 0 Å². The van der Waals surface area contributed by atoms with Gasteiger partial charge in [-0.2, -0.15) is 0 Å². The Kier molecular flexibility index (Phi) is 4.97. The number of rotatable bonds is 5. The zero-order valence-electron chi connectivity index (χ0n) is 10.3. The van der Waals surface area contributed by atoms with Crippen LogP contribution in [0.5, 0.6) is 5.75 Å². The molecule has 0 aliphatic carbocycles. The molecule has 94 valence electrons. The van der Waals surface area contributed by atoms with Gasteiger partial charge < -0.3 is 14.6 Å². The maximum absolute atomic E-state index is 11.3. The van der Waals surface area contributed by atoms with Crippen LogP contribution in [-0.4, -0.2) is 24.8 Å². The summed E-state index contributed by atoms with van der Waals surface area (Å²) in [5.74, 6) is -0.350. The molecule has 0 amide bonds. The summed E-state index contributed by atoms with van der Waals surface area (Å²) in [5, 5.41) is 10.0. The predicted octanol–water partition coefficient (Wildman–Crippen LogP) is 1.93. The molecule has 4 heteroatoms. The number of aliphatic hydroxyl groups is 1. The van der Waals surface area contributed by atoms with E-state index in [2.05, 4.69) is 4.74 Å². The van der Waals surface area contributed by atoms with Gasteiger partial charge in [-0.15, -0.1) is 0 Å². The number of esters is 1. The van der Waals surface area contributed by atoms with Crippen molar-refractivity contribution in [3.63, 3.8) is 0 Å². The zero-order valence-corrected chi connectivity index (χ0v) is 10.3. The van der Waals surface area contributed by atoms with E-state index in [4.69, 9.17) is 4.74 Å². The highest BCUT2D eigenvalue weighted by molar-refractivity contribution is 5.72. The molecule has 0 radical (unpaired) electrons. The molecule has 0 spiro atoms. The van der Waals surface area contributed by atoms with Crippen LogP contribution in [0.25, 0.3) is 0 Å². The molecular formula is C13H18O4. The highest BCUT2D eigenvalue weighted by atomic mass is 16.5. The fraction of sp³-hybridized carbons (Fsp3) is 0.462. The van der Waals surface area contributed by atoms with Crippen LogP contribution in [0.2, 0.25) is 0 Å². The second-order valence-electron chi connectivity index (χ2n) is 3.76. The minimum absolute atomic E-state index is 0.431. The summed E-state index contributed by atoms with van der Waals surface area (Å²) in [5.41, 5.74) is 0.647. The van der Waals surface area contributed by atoms with E-state index in [1.54, 1.807) is 25.1 Å². The third kappa shape index (κ3) is 3.46. The highest BCUT2D eigenvalue weighted by Crippen LogP contribution is 2.25. The third-order valence-electron chi connectivity index (χ3n) is 2.56. The number of hydrogen-bond acceptors (Lipinski definition) is 4. The standard InChI is InChI=1S/C13H18O4/c1-4-17-11-7-5-6-10(8-11)12(14)9(2)13(15)16-3/h5-9,12,14H,4H2,1-3H3. The van der Waals surface area contributed by atoms with Crippen molar-refractivity contribution in [3.05, 3.63) is 29.8 Å². The Morgan fingerprint density at radius 3 is 2.76 bits per heavy atom. The average molecular weight is 238 g/mol. The highest BCUT2D eigenvalue weighted by Gasteiger charge is 2.24. The van der Waals surface area contributed by atoms with Crippen LogP contribution in [0.4, 0.5) is 0 Å². The Morgan fingerprint density at radius 2 is 2.18 bits per heavy atom. The van der Waals surface area contributed by atoms with E-state index in [0.29, 0.717) is 17.9 Å². The molecular weight excluding hydrogens is 220 g/mol. The van der Waals surface area contributed by atoms with E-state index in [-0.39, 0.29) is 0 Å². The topological polar surface area (TPSA) is 55.8 Å². The lowest BCUT2D eigenvalue weighted by Gasteiger charge is -2.17. The van der Waals surface area contributed by atoms with Gasteiger partial charge in [0.1, 0.15) is 5.75 Å². The Bertz CT molecular complexity index is 375. The number of ether oxygens (including phenoxy) is 2. The lowest BCUT2D eigenvalue weighted by atomic mass is 9.97. The summed E-state index contributed by atoms with van der Waals surface area (Å²) < 4.78 is 9.94. The monoisotopic (exact) mass is 238 g/mol. The van der Waals surface area contributed by atoms with Crippen molar-refractivity contribution in [1.29, 1.82) is 0 Å². The van der Waals surface area contributed by atoms with Gasteiger partial charge in [0, 0.05) is 0 Å². The van der Waals surface area contributed by atoms with Crippen molar-refractivity contribution in [3.8, 4) is 5.75 Å². The molecule has 1 aromatic carbocycles. The van der Waals surface area contributed by atoms with E-state index < -0.39 is 18.0 Å². The molecule has 0 heterocycles. The maximum Gasteiger partial charge on any atom is 0.311 e. The van der Waals surface area contributed by atoms with Crippen LogP contribution in [0.1, 0.15) is 25.5 Å². The number of carbonyl (C=O) groups excluding carboxylic acids is 1. The molecule has 4 nitrogen and oxygen atoms in total. The fourth-order valence-electron chi connectivity index (χ4n) is 1.56. The van der Waals surface area contributed by atoms with Crippen molar-refractivity contribution in [1.82, 2.24) is 0 Å². The van der Waals surface area contributed by atoms with Crippen molar-refractivity contribution in [2.45, 2.75) is 20.0 Å². The van der Waals surface area contributed by atoms with Crippen LogP contribution in [0.15, 0.2) is 24.3 Å². The number of carbonyl (C=O) groups is 1. The van der Waals surface area contributed by atoms with Crippen LogP contribution in [0.3, 0.4) is 0 Å². The van der Waals surface area contributed by atoms with Crippen molar-refractivity contribution in [2.24, 2.45) is 5.92 Å². The number of aliphatic hydroxyl groups excluding tert-OH is 1. The van der Waals surface area contributed by atoms with Gasteiger partial charge in [-0.25, -0.2) is 0 Å². The maximum atomic E-state index is 11.3. The molecule has 17 heavy (non-hydrogen) atoms. The second kappa shape index (κ2) is 6.25. The first-order chi connectivity index (χ1) is 8.10. The van der Waals surface area contributed by atoms with Crippen LogP contribution in [-0.2, 0) is 9.53 Å². The van der Waals surface area contributed by atoms with Gasteiger partial charge in [0.2, 0.25) is 0 Å². The largest absolute Gasteiger partial charge is 0.494 e. The molecule has 1 rings (SSSR count). The SMILES string of the molecule is CCOc1cccc(C(O)C(C)C(=O)OC)c1. The molecule has 0 saturated carbocycles. The first-order valence-corrected chi connectivity index (χ1v) is 5.58. The molecule has 0 bridgehead atoms. The number of methoxy groups -OCH3 is 1. The molecule has 0 aromatic heterocycles. The quantitative estimate of drug-likeness (QED) is 0.796. The first kappa shape index (κ1) is 13.5. The van der Waals surface area contributed by atoms with Gasteiger partial charge in [-0.3, -0.25) is 4.79 Å². The van der Waals surface area contributed by atoms with Crippen molar-refractivity contribution in [2.75, 3.05) is 13.7 Å². The lowest BCUT2D eigenvalue weighted by Crippen LogP contribution is -2.20. The Balaban J connectivity index is 2.84.